The molecule has 0 amide bonds. The maximum Gasteiger partial charge on any atom is 0.132 e. The standard InChI is InChI=1S/C32H20Br2O2/c33-23-11-5-9-19(15-23)27-17-21-7-1-3-13-25(21)29(31(27)35)30-26-14-4-2-8-22(26)18-28(32(30)36)20-10-6-12-24(34)16-20/h1-18,35-36H. The van der Waals surface area contributed by atoms with E-state index < -0.39 is 0 Å². The molecule has 0 radical (unpaired) electrons. The van der Waals surface area contributed by atoms with Crippen LogP contribution < -0.4 is 0 Å². The van der Waals surface area contributed by atoms with Crippen LogP contribution in [0.25, 0.3) is 54.9 Å². The van der Waals surface area contributed by atoms with Gasteiger partial charge in [0.1, 0.15) is 11.5 Å². The first-order valence-corrected chi connectivity index (χ1v) is 13.1. The summed E-state index contributed by atoms with van der Waals surface area (Å²) in [4.78, 5) is 0. The summed E-state index contributed by atoms with van der Waals surface area (Å²) in [5.74, 6) is 0.275. The molecule has 0 aromatic heterocycles. The van der Waals surface area contributed by atoms with E-state index in [0.717, 1.165) is 41.6 Å². The third-order valence-corrected chi connectivity index (χ3v) is 7.55. The smallest absolute Gasteiger partial charge is 0.132 e. The Morgan fingerprint density at radius 2 is 0.861 bits per heavy atom. The van der Waals surface area contributed by atoms with Crippen LogP contribution in [-0.2, 0) is 0 Å². The molecule has 2 N–H and O–H groups in total. The number of aromatic hydroxyl groups is 2. The van der Waals surface area contributed by atoms with Crippen molar-refractivity contribution in [3.8, 4) is 44.9 Å². The number of rotatable bonds is 3. The minimum atomic E-state index is 0.138. The molecule has 0 spiro atoms. The first kappa shape index (κ1) is 22.8. The van der Waals surface area contributed by atoms with Gasteiger partial charge in [0.15, 0.2) is 0 Å². The summed E-state index contributed by atoms with van der Waals surface area (Å²) >= 11 is 7.11. The lowest BCUT2D eigenvalue weighted by atomic mass is 9.86. The van der Waals surface area contributed by atoms with Gasteiger partial charge in [0.25, 0.3) is 0 Å². The van der Waals surface area contributed by atoms with E-state index in [2.05, 4.69) is 31.9 Å². The summed E-state index contributed by atoms with van der Waals surface area (Å²) in [6.45, 7) is 0. The lowest BCUT2D eigenvalue weighted by Crippen LogP contribution is -1.92. The van der Waals surface area contributed by atoms with Gasteiger partial charge >= 0.3 is 0 Å². The molecule has 0 fully saturated rings. The van der Waals surface area contributed by atoms with Crippen LogP contribution in [0.1, 0.15) is 0 Å². The molecule has 0 heterocycles. The minimum absolute atomic E-state index is 0.138. The van der Waals surface area contributed by atoms with Gasteiger partial charge in [-0.3, -0.25) is 0 Å². The Morgan fingerprint density at radius 1 is 0.444 bits per heavy atom. The second-order valence-corrected chi connectivity index (χ2v) is 10.6. The zero-order valence-electron chi connectivity index (χ0n) is 19.0. The molecule has 0 aliphatic carbocycles. The van der Waals surface area contributed by atoms with Gasteiger partial charge in [-0.05, 0) is 69.1 Å². The zero-order chi connectivity index (χ0) is 24.8. The molecular formula is C32H20Br2O2. The first-order valence-electron chi connectivity index (χ1n) is 11.5. The van der Waals surface area contributed by atoms with Crippen molar-refractivity contribution in [1.29, 1.82) is 0 Å². The van der Waals surface area contributed by atoms with Crippen LogP contribution in [0.5, 0.6) is 11.5 Å². The van der Waals surface area contributed by atoms with Crippen molar-refractivity contribution in [2.24, 2.45) is 0 Å². The zero-order valence-corrected chi connectivity index (χ0v) is 22.2. The van der Waals surface area contributed by atoms with E-state index in [4.69, 9.17) is 0 Å². The second-order valence-electron chi connectivity index (χ2n) is 8.76. The molecule has 2 nitrogen and oxygen atoms in total. The Bertz CT molecular complexity index is 1660. The Labute approximate surface area is 225 Å². The molecule has 0 saturated heterocycles. The monoisotopic (exact) mass is 594 g/mol. The maximum atomic E-state index is 11.8. The van der Waals surface area contributed by atoms with E-state index in [9.17, 15) is 10.2 Å². The quantitative estimate of drug-likeness (QED) is 0.214. The lowest BCUT2D eigenvalue weighted by molar-refractivity contribution is 0.472. The van der Waals surface area contributed by atoms with Gasteiger partial charge in [-0.1, -0.05) is 105 Å². The Hall–Kier alpha value is -3.60. The van der Waals surface area contributed by atoms with Crippen LogP contribution in [0.3, 0.4) is 0 Å². The number of hydrogen-bond acceptors (Lipinski definition) is 2. The largest absolute Gasteiger partial charge is 0.507 e. The molecule has 6 rings (SSSR count). The van der Waals surface area contributed by atoms with Crippen LogP contribution in [0.4, 0.5) is 0 Å². The van der Waals surface area contributed by atoms with Crippen molar-refractivity contribution >= 4 is 53.4 Å². The van der Waals surface area contributed by atoms with E-state index in [-0.39, 0.29) is 11.5 Å². The fourth-order valence-corrected chi connectivity index (χ4v) is 5.73. The molecule has 0 aliphatic rings. The van der Waals surface area contributed by atoms with Gasteiger partial charge in [0.2, 0.25) is 0 Å². The predicted molar refractivity (Wildman–Crippen MR) is 156 cm³/mol. The highest BCUT2D eigenvalue weighted by atomic mass is 79.9. The van der Waals surface area contributed by atoms with Crippen LogP contribution in [0.15, 0.2) is 118 Å². The summed E-state index contributed by atoms with van der Waals surface area (Å²) in [5, 5.41) is 27.4. The van der Waals surface area contributed by atoms with Crippen molar-refractivity contribution in [2.75, 3.05) is 0 Å². The fourth-order valence-electron chi connectivity index (χ4n) is 4.93. The number of fused-ring (bicyclic) bond motifs is 2. The molecule has 0 saturated carbocycles. The number of hydrogen-bond donors (Lipinski definition) is 2. The van der Waals surface area contributed by atoms with E-state index >= 15 is 0 Å². The highest BCUT2D eigenvalue weighted by Crippen LogP contribution is 2.51. The third-order valence-electron chi connectivity index (χ3n) is 6.57. The normalized spacial score (nSPS) is 11.3. The molecule has 4 heteroatoms. The Morgan fingerprint density at radius 3 is 1.28 bits per heavy atom. The molecule has 36 heavy (non-hydrogen) atoms. The SMILES string of the molecule is Oc1c(-c2cccc(Br)c2)cc2ccccc2c1-c1c(O)c(-c2cccc(Br)c2)cc2ccccc12. The van der Waals surface area contributed by atoms with E-state index in [1.165, 1.54) is 0 Å². The van der Waals surface area contributed by atoms with Crippen molar-refractivity contribution in [2.45, 2.75) is 0 Å². The number of benzene rings is 6. The maximum absolute atomic E-state index is 11.8. The van der Waals surface area contributed by atoms with Gasteiger partial charge < -0.3 is 10.2 Å². The van der Waals surface area contributed by atoms with Crippen molar-refractivity contribution in [3.05, 3.63) is 118 Å². The molecule has 174 valence electrons. The van der Waals surface area contributed by atoms with Crippen molar-refractivity contribution < 1.29 is 10.2 Å². The average Bonchev–Trinajstić information content (AvgIpc) is 2.89. The number of halogens is 2. The molecular weight excluding hydrogens is 576 g/mol. The van der Waals surface area contributed by atoms with E-state index in [1.54, 1.807) is 0 Å². The highest BCUT2D eigenvalue weighted by Gasteiger charge is 2.23. The van der Waals surface area contributed by atoms with Gasteiger partial charge in [0, 0.05) is 31.2 Å². The average molecular weight is 596 g/mol. The van der Waals surface area contributed by atoms with Gasteiger partial charge in [-0.2, -0.15) is 0 Å². The minimum Gasteiger partial charge on any atom is -0.507 e. The van der Waals surface area contributed by atoms with Crippen molar-refractivity contribution in [3.63, 3.8) is 0 Å². The highest BCUT2D eigenvalue weighted by molar-refractivity contribution is 9.10. The van der Waals surface area contributed by atoms with E-state index in [1.807, 2.05) is 109 Å². The summed E-state index contributed by atoms with van der Waals surface area (Å²) in [6.07, 6.45) is 0. The van der Waals surface area contributed by atoms with Gasteiger partial charge in [0.05, 0.1) is 0 Å². The summed E-state index contributed by atoms with van der Waals surface area (Å²) in [5.41, 5.74) is 4.44. The molecule has 0 unspecified atom stereocenters. The van der Waals surface area contributed by atoms with Gasteiger partial charge in [-0.15, -0.1) is 0 Å². The van der Waals surface area contributed by atoms with Gasteiger partial charge in [-0.25, -0.2) is 0 Å². The first-order chi connectivity index (χ1) is 17.5. The topological polar surface area (TPSA) is 40.5 Å². The van der Waals surface area contributed by atoms with E-state index in [0.29, 0.717) is 22.3 Å². The molecule has 0 aliphatic heterocycles. The molecule has 6 aromatic rings. The summed E-state index contributed by atoms with van der Waals surface area (Å²) < 4.78 is 1.86. The fraction of sp³-hybridized carbons (Fsp3) is 0. The summed E-state index contributed by atoms with van der Waals surface area (Å²) in [7, 11) is 0. The van der Waals surface area contributed by atoms with Crippen LogP contribution >= 0.6 is 31.9 Å². The number of phenolic OH excluding ortho intramolecular Hbond substituents is 2. The Balaban J connectivity index is 1.77. The second kappa shape index (κ2) is 9.12. The summed E-state index contributed by atoms with van der Waals surface area (Å²) in [6, 6.07) is 35.8. The predicted octanol–water partition coefficient (Wildman–Crippen LogP) is 9.93. The molecule has 0 atom stereocenters. The Kier molecular flexibility index (Phi) is 5.79. The van der Waals surface area contributed by atoms with Crippen LogP contribution in [-0.4, -0.2) is 10.2 Å². The molecule has 6 aromatic carbocycles. The molecule has 0 bridgehead atoms. The lowest BCUT2D eigenvalue weighted by Gasteiger charge is -2.19. The van der Waals surface area contributed by atoms with Crippen LogP contribution in [0.2, 0.25) is 0 Å². The van der Waals surface area contributed by atoms with Crippen LogP contribution in [0, 0.1) is 0 Å². The number of phenols is 2. The third kappa shape index (κ3) is 3.87. The van der Waals surface area contributed by atoms with Crippen molar-refractivity contribution in [1.82, 2.24) is 0 Å².